The van der Waals surface area contributed by atoms with E-state index in [0.717, 1.165) is 5.56 Å². The van der Waals surface area contributed by atoms with Crippen LogP contribution in [0.5, 0.6) is 11.6 Å². The van der Waals surface area contributed by atoms with Crippen molar-refractivity contribution in [3.05, 3.63) is 52.1 Å². The van der Waals surface area contributed by atoms with Crippen LogP contribution < -0.4 is 4.74 Å². The van der Waals surface area contributed by atoms with Crippen LogP contribution in [0, 0.1) is 6.92 Å². The number of ether oxygens (including phenoxy) is 1. The maximum absolute atomic E-state index is 5.98. The van der Waals surface area contributed by atoms with Crippen molar-refractivity contribution in [3.63, 3.8) is 0 Å². The predicted molar refractivity (Wildman–Crippen MR) is 65.5 cm³/mol. The molecule has 4 heteroatoms. The third-order valence-electron chi connectivity index (χ3n) is 2.07. The molecule has 2 nitrogen and oxygen atoms in total. The summed E-state index contributed by atoms with van der Waals surface area (Å²) in [5.41, 5.74) is 1.01. The van der Waals surface area contributed by atoms with Crippen molar-refractivity contribution >= 4 is 23.2 Å². The maximum Gasteiger partial charge on any atom is 0.219 e. The number of aryl methyl sites for hydroxylation is 1. The topological polar surface area (TPSA) is 22.1 Å². The van der Waals surface area contributed by atoms with E-state index in [2.05, 4.69) is 4.98 Å². The lowest BCUT2D eigenvalue weighted by Crippen LogP contribution is -1.87. The summed E-state index contributed by atoms with van der Waals surface area (Å²) in [5.74, 6) is 1.15. The van der Waals surface area contributed by atoms with Gasteiger partial charge < -0.3 is 4.74 Å². The van der Waals surface area contributed by atoms with E-state index in [0.29, 0.717) is 21.7 Å². The lowest BCUT2D eigenvalue weighted by molar-refractivity contribution is 0.463. The van der Waals surface area contributed by atoms with E-state index in [1.807, 2.05) is 19.1 Å². The molecule has 0 unspecified atom stereocenters. The zero-order chi connectivity index (χ0) is 11.5. The Morgan fingerprint density at radius 1 is 1.12 bits per heavy atom. The molecular weight excluding hydrogens is 245 g/mol. The summed E-state index contributed by atoms with van der Waals surface area (Å²) in [6, 6.07) is 8.92. The average Bonchev–Trinajstić information content (AvgIpc) is 2.27. The lowest BCUT2D eigenvalue weighted by Gasteiger charge is -2.05. The van der Waals surface area contributed by atoms with Crippen LogP contribution in [-0.2, 0) is 0 Å². The molecule has 0 aliphatic carbocycles. The monoisotopic (exact) mass is 253 g/mol. The SMILES string of the molecule is Cc1ccc(Oc2ccc(Cl)cn2)cc1Cl. The maximum atomic E-state index is 5.98. The van der Waals surface area contributed by atoms with Crippen LogP contribution in [-0.4, -0.2) is 4.98 Å². The van der Waals surface area contributed by atoms with Gasteiger partial charge in [-0.15, -0.1) is 0 Å². The zero-order valence-corrected chi connectivity index (χ0v) is 10.1. The fourth-order valence-electron chi connectivity index (χ4n) is 1.18. The second-order valence-electron chi connectivity index (χ2n) is 3.33. The number of hydrogen-bond acceptors (Lipinski definition) is 2. The minimum Gasteiger partial charge on any atom is -0.439 e. The lowest BCUT2D eigenvalue weighted by atomic mass is 10.2. The Morgan fingerprint density at radius 3 is 2.56 bits per heavy atom. The van der Waals surface area contributed by atoms with E-state index >= 15 is 0 Å². The molecule has 2 rings (SSSR count). The standard InChI is InChI=1S/C12H9Cl2NO/c1-8-2-4-10(6-11(8)14)16-12-5-3-9(13)7-15-12/h2-7H,1H3. The van der Waals surface area contributed by atoms with Crippen LogP contribution in [0.25, 0.3) is 0 Å². The molecule has 0 amide bonds. The minimum atomic E-state index is 0.490. The fraction of sp³-hybridized carbons (Fsp3) is 0.0833. The molecule has 1 heterocycles. The summed E-state index contributed by atoms with van der Waals surface area (Å²) in [4.78, 5) is 4.03. The first kappa shape index (κ1) is 11.2. The number of aromatic nitrogens is 1. The fourth-order valence-corrected chi connectivity index (χ4v) is 1.46. The molecule has 1 aromatic carbocycles. The summed E-state index contributed by atoms with van der Waals surface area (Å²) < 4.78 is 5.51. The molecule has 0 spiro atoms. The number of nitrogens with zero attached hydrogens (tertiary/aromatic N) is 1. The van der Waals surface area contributed by atoms with E-state index in [1.54, 1.807) is 18.2 Å². The Labute approximate surface area is 104 Å². The van der Waals surface area contributed by atoms with Crippen molar-refractivity contribution < 1.29 is 4.74 Å². The Hall–Kier alpha value is -1.25. The van der Waals surface area contributed by atoms with Gasteiger partial charge in [-0.3, -0.25) is 0 Å². The van der Waals surface area contributed by atoms with Crippen LogP contribution in [0.2, 0.25) is 10.0 Å². The van der Waals surface area contributed by atoms with Gasteiger partial charge >= 0.3 is 0 Å². The molecular formula is C12H9Cl2NO. The predicted octanol–water partition coefficient (Wildman–Crippen LogP) is 4.49. The number of rotatable bonds is 2. The van der Waals surface area contributed by atoms with Gasteiger partial charge in [-0.25, -0.2) is 4.98 Å². The highest BCUT2D eigenvalue weighted by molar-refractivity contribution is 6.31. The van der Waals surface area contributed by atoms with Crippen LogP contribution >= 0.6 is 23.2 Å². The van der Waals surface area contributed by atoms with Gasteiger partial charge in [0, 0.05) is 17.3 Å². The highest BCUT2D eigenvalue weighted by Crippen LogP contribution is 2.25. The van der Waals surface area contributed by atoms with Crippen molar-refractivity contribution in [2.45, 2.75) is 6.92 Å². The first-order chi connectivity index (χ1) is 7.65. The molecule has 0 aliphatic rings. The molecule has 0 radical (unpaired) electrons. The Balaban J connectivity index is 2.20. The highest BCUT2D eigenvalue weighted by Gasteiger charge is 2.01. The normalized spacial score (nSPS) is 10.2. The molecule has 1 aromatic heterocycles. The van der Waals surface area contributed by atoms with Gasteiger partial charge in [-0.2, -0.15) is 0 Å². The molecule has 0 fully saturated rings. The van der Waals surface area contributed by atoms with E-state index < -0.39 is 0 Å². The summed E-state index contributed by atoms with van der Waals surface area (Å²) >= 11 is 11.7. The van der Waals surface area contributed by atoms with E-state index in [-0.39, 0.29) is 0 Å². The Kier molecular flexibility index (Phi) is 3.32. The van der Waals surface area contributed by atoms with Crippen molar-refractivity contribution in [1.29, 1.82) is 0 Å². The Bertz CT molecular complexity index is 497. The minimum absolute atomic E-state index is 0.490. The number of hydrogen-bond donors (Lipinski definition) is 0. The summed E-state index contributed by atoms with van der Waals surface area (Å²) in [6.07, 6.45) is 1.53. The molecule has 16 heavy (non-hydrogen) atoms. The first-order valence-electron chi connectivity index (χ1n) is 4.71. The zero-order valence-electron chi connectivity index (χ0n) is 8.58. The van der Waals surface area contributed by atoms with Gasteiger partial charge in [-0.05, 0) is 30.7 Å². The molecule has 0 atom stereocenters. The Morgan fingerprint density at radius 2 is 1.94 bits per heavy atom. The van der Waals surface area contributed by atoms with Gasteiger partial charge in [-0.1, -0.05) is 29.3 Å². The van der Waals surface area contributed by atoms with Crippen LogP contribution in [0.4, 0.5) is 0 Å². The first-order valence-corrected chi connectivity index (χ1v) is 5.46. The summed E-state index contributed by atoms with van der Waals surface area (Å²) in [5, 5.41) is 1.25. The quantitative estimate of drug-likeness (QED) is 0.787. The third-order valence-corrected chi connectivity index (χ3v) is 2.70. The molecule has 82 valence electrons. The van der Waals surface area contributed by atoms with Gasteiger partial charge in [0.2, 0.25) is 5.88 Å². The van der Waals surface area contributed by atoms with Crippen molar-refractivity contribution in [1.82, 2.24) is 4.98 Å². The van der Waals surface area contributed by atoms with Crippen LogP contribution in [0.1, 0.15) is 5.56 Å². The number of benzene rings is 1. The smallest absolute Gasteiger partial charge is 0.219 e. The van der Waals surface area contributed by atoms with Crippen LogP contribution in [0.3, 0.4) is 0 Å². The van der Waals surface area contributed by atoms with E-state index in [1.165, 1.54) is 6.20 Å². The number of pyridine rings is 1. The molecule has 0 saturated heterocycles. The molecule has 0 aliphatic heterocycles. The van der Waals surface area contributed by atoms with Crippen molar-refractivity contribution in [3.8, 4) is 11.6 Å². The van der Waals surface area contributed by atoms with Gasteiger partial charge in [0.1, 0.15) is 5.75 Å². The highest BCUT2D eigenvalue weighted by atomic mass is 35.5. The van der Waals surface area contributed by atoms with E-state index in [9.17, 15) is 0 Å². The van der Waals surface area contributed by atoms with Gasteiger partial charge in [0.25, 0.3) is 0 Å². The van der Waals surface area contributed by atoms with Gasteiger partial charge in [0.05, 0.1) is 5.02 Å². The second-order valence-corrected chi connectivity index (χ2v) is 4.17. The molecule has 0 saturated carbocycles. The summed E-state index contributed by atoms with van der Waals surface area (Å²) in [6.45, 7) is 1.94. The third kappa shape index (κ3) is 2.65. The largest absolute Gasteiger partial charge is 0.439 e. The number of halogens is 2. The average molecular weight is 254 g/mol. The second kappa shape index (κ2) is 4.73. The van der Waals surface area contributed by atoms with E-state index in [4.69, 9.17) is 27.9 Å². The van der Waals surface area contributed by atoms with Crippen molar-refractivity contribution in [2.75, 3.05) is 0 Å². The molecule has 2 aromatic rings. The van der Waals surface area contributed by atoms with Gasteiger partial charge in [0.15, 0.2) is 0 Å². The summed E-state index contributed by atoms with van der Waals surface area (Å²) in [7, 11) is 0. The van der Waals surface area contributed by atoms with Crippen LogP contribution in [0.15, 0.2) is 36.5 Å². The molecule has 0 bridgehead atoms. The van der Waals surface area contributed by atoms with Crippen molar-refractivity contribution in [2.24, 2.45) is 0 Å². The molecule has 0 N–H and O–H groups in total.